The molecule has 0 bridgehead atoms. The van der Waals surface area contributed by atoms with E-state index >= 15 is 0 Å². The summed E-state index contributed by atoms with van der Waals surface area (Å²) in [5, 5.41) is 2.02. The SMILES string of the molecule is NCCc1cnc(-c2cc(Br)cs2)nc1. The van der Waals surface area contributed by atoms with Crippen molar-refractivity contribution in [1.29, 1.82) is 0 Å². The number of halogens is 1. The average molecular weight is 284 g/mol. The van der Waals surface area contributed by atoms with E-state index in [0.29, 0.717) is 6.54 Å². The molecule has 2 aromatic heterocycles. The summed E-state index contributed by atoms with van der Waals surface area (Å²) in [6.07, 6.45) is 4.50. The highest BCUT2D eigenvalue weighted by Gasteiger charge is 2.03. The van der Waals surface area contributed by atoms with Crippen LogP contribution in [0, 0.1) is 0 Å². The minimum absolute atomic E-state index is 0.632. The fourth-order valence-corrected chi connectivity index (χ4v) is 2.58. The Kier molecular flexibility index (Phi) is 3.45. The van der Waals surface area contributed by atoms with Crippen molar-refractivity contribution in [2.75, 3.05) is 6.54 Å². The van der Waals surface area contributed by atoms with Crippen molar-refractivity contribution in [2.24, 2.45) is 5.73 Å². The van der Waals surface area contributed by atoms with Crippen LogP contribution in [-0.2, 0) is 6.42 Å². The third kappa shape index (κ3) is 2.62. The van der Waals surface area contributed by atoms with Gasteiger partial charge in [-0.15, -0.1) is 11.3 Å². The lowest BCUT2D eigenvalue weighted by Crippen LogP contribution is -2.03. The second-order valence-corrected chi connectivity index (χ2v) is 4.91. The fraction of sp³-hybridized carbons (Fsp3) is 0.200. The van der Waals surface area contributed by atoms with E-state index in [1.165, 1.54) is 0 Å². The van der Waals surface area contributed by atoms with Crippen LogP contribution in [0.3, 0.4) is 0 Å². The van der Waals surface area contributed by atoms with Gasteiger partial charge in [0.15, 0.2) is 5.82 Å². The number of hydrogen-bond acceptors (Lipinski definition) is 4. The molecule has 0 spiro atoms. The number of thiophene rings is 1. The van der Waals surface area contributed by atoms with Crippen molar-refractivity contribution in [1.82, 2.24) is 9.97 Å². The first-order valence-electron chi connectivity index (χ1n) is 4.55. The van der Waals surface area contributed by atoms with Gasteiger partial charge in [0, 0.05) is 22.2 Å². The third-order valence-electron chi connectivity index (χ3n) is 1.93. The van der Waals surface area contributed by atoms with Gasteiger partial charge in [0.2, 0.25) is 0 Å². The number of rotatable bonds is 3. The van der Waals surface area contributed by atoms with Gasteiger partial charge in [-0.25, -0.2) is 9.97 Å². The first kappa shape index (κ1) is 10.7. The van der Waals surface area contributed by atoms with Crippen molar-refractivity contribution in [3.8, 4) is 10.7 Å². The Hall–Kier alpha value is -0.780. The quantitative estimate of drug-likeness (QED) is 0.942. The minimum atomic E-state index is 0.632. The number of hydrogen-bond donors (Lipinski definition) is 1. The molecule has 0 aromatic carbocycles. The summed E-state index contributed by atoms with van der Waals surface area (Å²) in [4.78, 5) is 9.68. The van der Waals surface area contributed by atoms with Gasteiger partial charge in [-0.05, 0) is 40.5 Å². The molecule has 0 aliphatic carbocycles. The molecule has 2 heterocycles. The topological polar surface area (TPSA) is 51.8 Å². The summed E-state index contributed by atoms with van der Waals surface area (Å²) in [6.45, 7) is 0.632. The van der Waals surface area contributed by atoms with Crippen LogP contribution in [0.1, 0.15) is 5.56 Å². The van der Waals surface area contributed by atoms with Crippen molar-refractivity contribution >= 4 is 27.3 Å². The number of aromatic nitrogens is 2. The molecule has 0 aliphatic heterocycles. The summed E-state index contributed by atoms with van der Waals surface area (Å²) in [6, 6.07) is 2.02. The van der Waals surface area contributed by atoms with Crippen molar-refractivity contribution < 1.29 is 0 Å². The van der Waals surface area contributed by atoms with Crippen LogP contribution in [0.15, 0.2) is 28.3 Å². The maximum atomic E-state index is 5.45. The normalized spacial score (nSPS) is 10.5. The summed E-state index contributed by atoms with van der Waals surface area (Å²) in [7, 11) is 0. The highest BCUT2D eigenvalue weighted by molar-refractivity contribution is 9.10. The van der Waals surface area contributed by atoms with E-state index in [1.807, 2.05) is 23.8 Å². The number of nitrogens with zero attached hydrogens (tertiary/aromatic N) is 2. The molecule has 2 rings (SSSR count). The van der Waals surface area contributed by atoms with Crippen molar-refractivity contribution in [3.63, 3.8) is 0 Å². The molecule has 2 N–H and O–H groups in total. The van der Waals surface area contributed by atoms with Crippen LogP contribution in [0.25, 0.3) is 10.7 Å². The molecule has 0 radical (unpaired) electrons. The van der Waals surface area contributed by atoms with Gasteiger partial charge in [-0.1, -0.05) is 0 Å². The zero-order valence-corrected chi connectivity index (χ0v) is 10.4. The summed E-state index contributed by atoms with van der Waals surface area (Å²) in [5.41, 5.74) is 6.53. The molecule has 0 amide bonds. The maximum absolute atomic E-state index is 5.45. The predicted octanol–water partition coefficient (Wildman–Crippen LogP) is 2.47. The van der Waals surface area contributed by atoms with Gasteiger partial charge in [0.05, 0.1) is 4.88 Å². The van der Waals surface area contributed by atoms with Crippen LogP contribution in [0.5, 0.6) is 0 Å². The predicted molar refractivity (Wildman–Crippen MR) is 65.8 cm³/mol. The Labute approximate surface area is 101 Å². The van der Waals surface area contributed by atoms with Gasteiger partial charge in [0.1, 0.15) is 0 Å². The van der Waals surface area contributed by atoms with Gasteiger partial charge < -0.3 is 5.73 Å². The Bertz CT molecular complexity index is 438. The van der Waals surface area contributed by atoms with Gasteiger partial charge in [-0.2, -0.15) is 0 Å². The molecule has 5 heteroatoms. The van der Waals surface area contributed by atoms with E-state index in [9.17, 15) is 0 Å². The van der Waals surface area contributed by atoms with Gasteiger partial charge >= 0.3 is 0 Å². The molecule has 0 saturated heterocycles. The molecule has 15 heavy (non-hydrogen) atoms. The zero-order valence-electron chi connectivity index (χ0n) is 7.98. The summed E-state index contributed by atoms with van der Waals surface area (Å²) < 4.78 is 1.07. The zero-order chi connectivity index (χ0) is 10.7. The molecule has 78 valence electrons. The van der Waals surface area contributed by atoms with Crippen LogP contribution in [0.2, 0.25) is 0 Å². The molecule has 0 aliphatic rings. The summed E-state index contributed by atoms with van der Waals surface area (Å²) >= 11 is 5.03. The highest BCUT2D eigenvalue weighted by Crippen LogP contribution is 2.26. The smallest absolute Gasteiger partial charge is 0.169 e. The lowest BCUT2D eigenvalue weighted by atomic mass is 10.2. The Morgan fingerprint density at radius 2 is 2.07 bits per heavy atom. The van der Waals surface area contributed by atoms with Crippen LogP contribution < -0.4 is 5.73 Å². The lowest BCUT2D eigenvalue weighted by Gasteiger charge is -1.98. The van der Waals surface area contributed by atoms with Crippen molar-refractivity contribution in [3.05, 3.63) is 33.9 Å². The molecule has 2 aromatic rings. The molecule has 0 atom stereocenters. The third-order valence-corrected chi connectivity index (χ3v) is 3.61. The van der Waals surface area contributed by atoms with E-state index in [4.69, 9.17) is 5.73 Å². The maximum Gasteiger partial charge on any atom is 0.169 e. The van der Waals surface area contributed by atoms with E-state index in [2.05, 4.69) is 25.9 Å². The lowest BCUT2D eigenvalue weighted by molar-refractivity contribution is 0.944. The Morgan fingerprint density at radius 1 is 1.33 bits per heavy atom. The molecular formula is C10H10BrN3S. The fourth-order valence-electron chi connectivity index (χ4n) is 1.21. The van der Waals surface area contributed by atoms with Gasteiger partial charge in [-0.3, -0.25) is 0 Å². The van der Waals surface area contributed by atoms with Gasteiger partial charge in [0.25, 0.3) is 0 Å². The molecule has 0 unspecified atom stereocenters. The van der Waals surface area contributed by atoms with E-state index in [-0.39, 0.29) is 0 Å². The van der Waals surface area contributed by atoms with Crippen LogP contribution in [-0.4, -0.2) is 16.5 Å². The average Bonchev–Trinajstić information content (AvgIpc) is 2.67. The first-order chi connectivity index (χ1) is 7.29. The Balaban J connectivity index is 2.23. The highest BCUT2D eigenvalue weighted by atomic mass is 79.9. The minimum Gasteiger partial charge on any atom is -0.330 e. The second-order valence-electron chi connectivity index (χ2n) is 3.08. The molecule has 3 nitrogen and oxygen atoms in total. The van der Waals surface area contributed by atoms with E-state index < -0.39 is 0 Å². The molecule has 0 saturated carbocycles. The van der Waals surface area contributed by atoms with Crippen LogP contribution in [0.4, 0.5) is 0 Å². The molecule has 0 fully saturated rings. The summed E-state index contributed by atoms with van der Waals surface area (Å²) in [5.74, 6) is 0.770. The second kappa shape index (κ2) is 4.83. The largest absolute Gasteiger partial charge is 0.330 e. The van der Waals surface area contributed by atoms with E-state index in [0.717, 1.165) is 27.2 Å². The number of nitrogens with two attached hydrogens (primary N) is 1. The standard InChI is InChI=1S/C10H10BrN3S/c11-8-3-9(15-6-8)10-13-4-7(1-2-12)5-14-10/h3-6H,1-2,12H2. The first-order valence-corrected chi connectivity index (χ1v) is 6.22. The Morgan fingerprint density at radius 3 is 2.60 bits per heavy atom. The monoisotopic (exact) mass is 283 g/mol. The van der Waals surface area contributed by atoms with E-state index in [1.54, 1.807) is 11.3 Å². The van der Waals surface area contributed by atoms with Crippen molar-refractivity contribution in [2.45, 2.75) is 6.42 Å². The molecular weight excluding hydrogens is 274 g/mol. The van der Waals surface area contributed by atoms with Crippen LogP contribution >= 0.6 is 27.3 Å².